The zero-order valence-corrected chi connectivity index (χ0v) is 17.4. The third-order valence-electron chi connectivity index (χ3n) is 4.84. The standard InChI is InChI=1S/C24H17F4N3O3/c25-18-8-4-15(5-9-18)22-17(13-29-19-2-1-3-21(12-19)34-24(26,27)28)14-31(30-22)20-10-6-16(7-11-20)23(32)33/h1-12,14,29H,13H2,(H,32,33). The lowest BCUT2D eigenvalue weighted by atomic mass is 10.1. The molecule has 0 fully saturated rings. The molecule has 0 aliphatic heterocycles. The van der Waals surface area contributed by atoms with Crippen LogP contribution in [-0.4, -0.2) is 27.2 Å². The van der Waals surface area contributed by atoms with E-state index in [1.54, 1.807) is 41.2 Å². The predicted octanol–water partition coefficient (Wildman–Crippen LogP) is 5.89. The van der Waals surface area contributed by atoms with Gasteiger partial charge in [0.2, 0.25) is 0 Å². The van der Waals surface area contributed by atoms with Crippen molar-refractivity contribution in [2.24, 2.45) is 0 Å². The lowest BCUT2D eigenvalue weighted by molar-refractivity contribution is -0.274. The van der Waals surface area contributed by atoms with Gasteiger partial charge in [-0.2, -0.15) is 5.10 Å². The maximum absolute atomic E-state index is 13.4. The van der Waals surface area contributed by atoms with Gasteiger partial charge in [-0.1, -0.05) is 6.07 Å². The Kier molecular flexibility index (Phi) is 6.22. The third-order valence-corrected chi connectivity index (χ3v) is 4.84. The molecule has 174 valence electrons. The average molecular weight is 471 g/mol. The highest BCUT2D eigenvalue weighted by atomic mass is 19.4. The Morgan fingerprint density at radius 3 is 2.38 bits per heavy atom. The predicted molar refractivity (Wildman–Crippen MR) is 116 cm³/mol. The number of ether oxygens (including phenoxy) is 1. The van der Waals surface area contributed by atoms with Gasteiger partial charge in [0.15, 0.2) is 0 Å². The molecule has 2 N–H and O–H groups in total. The van der Waals surface area contributed by atoms with Gasteiger partial charge in [0, 0.05) is 35.6 Å². The zero-order valence-electron chi connectivity index (χ0n) is 17.4. The fourth-order valence-electron chi connectivity index (χ4n) is 3.28. The molecule has 0 atom stereocenters. The van der Waals surface area contributed by atoms with Crippen molar-refractivity contribution in [3.63, 3.8) is 0 Å². The molecule has 4 aromatic rings. The summed E-state index contributed by atoms with van der Waals surface area (Å²) in [6.45, 7) is 0.190. The molecular weight excluding hydrogens is 454 g/mol. The van der Waals surface area contributed by atoms with Crippen LogP contribution in [0.1, 0.15) is 15.9 Å². The molecule has 0 amide bonds. The van der Waals surface area contributed by atoms with Crippen LogP contribution in [0, 0.1) is 5.82 Å². The van der Waals surface area contributed by atoms with Crippen LogP contribution in [0.2, 0.25) is 0 Å². The van der Waals surface area contributed by atoms with Crippen molar-refractivity contribution in [2.75, 3.05) is 5.32 Å². The summed E-state index contributed by atoms with van der Waals surface area (Å²) in [7, 11) is 0. The first-order chi connectivity index (χ1) is 16.2. The molecule has 0 spiro atoms. The highest BCUT2D eigenvalue weighted by Crippen LogP contribution is 2.28. The highest BCUT2D eigenvalue weighted by molar-refractivity contribution is 5.87. The summed E-state index contributed by atoms with van der Waals surface area (Å²) in [4.78, 5) is 11.1. The van der Waals surface area contributed by atoms with Crippen LogP contribution < -0.4 is 10.1 Å². The second kappa shape index (κ2) is 9.26. The summed E-state index contributed by atoms with van der Waals surface area (Å²) in [5.41, 5.74) is 2.95. The second-order valence-corrected chi connectivity index (χ2v) is 7.24. The lowest BCUT2D eigenvalue weighted by Gasteiger charge is -2.11. The van der Waals surface area contributed by atoms with E-state index >= 15 is 0 Å². The van der Waals surface area contributed by atoms with E-state index in [9.17, 15) is 22.4 Å². The van der Waals surface area contributed by atoms with E-state index < -0.39 is 18.1 Å². The summed E-state index contributed by atoms with van der Waals surface area (Å²) in [6.07, 6.45) is -3.09. The van der Waals surface area contributed by atoms with E-state index in [1.165, 1.54) is 42.5 Å². The maximum Gasteiger partial charge on any atom is 0.573 e. The molecule has 1 heterocycles. The van der Waals surface area contributed by atoms with Crippen LogP contribution in [-0.2, 0) is 6.54 Å². The Hall–Kier alpha value is -4.34. The van der Waals surface area contributed by atoms with Crippen molar-refractivity contribution in [3.05, 3.63) is 95.9 Å². The number of rotatable bonds is 7. The van der Waals surface area contributed by atoms with Gasteiger partial charge in [-0.05, 0) is 60.7 Å². The Morgan fingerprint density at radius 1 is 1.03 bits per heavy atom. The summed E-state index contributed by atoms with van der Waals surface area (Å²) in [5.74, 6) is -1.82. The quantitative estimate of drug-likeness (QED) is 0.329. The van der Waals surface area contributed by atoms with Gasteiger partial charge < -0.3 is 15.2 Å². The van der Waals surface area contributed by atoms with Crippen molar-refractivity contribution in [2.45, 2.75) is 12.9 Å². The summed E-state index contributed by atoms with van der Waals surface area (Å²) in [6, 6.07) is 17.3. The largest absolute Gasteiger partial charge is 0.573 e. The number of anilines is 1. The van der Waals surface area contributed by atoms with Gasteiger partial charge in [-0.25, -0.2) is 13.9 Å². The lowest BCUT2D eigenvalue weighted by Crippen LogP contribution is -2.17. The number of aromatic carboxylic acids is 1. The number of hydrogen-bond donors (Lipinski definition) is 2. The highest BCUT2D eigenvalue weighted by Gasteiger charge is 2.31. The molecule has 0 saturated carbocycles. The van der Waals surface area contributed by atoms with Crippen LogP contribution >= 0.6 is 0 Å². The van der Waals surface area contributed by atoms with Gasteiger partial charge in [-0.3, -0.25) is 0 Å². The Morgan fingerprint density at radius 2 is 1.74 bits per heavy atom. The number of benzene rings is 3. The first kappa shape index (κ1) is 22.8. The van der Waals surface area contributed by atoms with Crippen LogP contribution in [0.25, 0.3) is 16.9 Å². The summed E-state index contributed by atoms with van der Waals surface area (Å²) >= 11 is 0. The van der Waals surface area contributed by atoms with Crippen LogP contribution in [0.3, 0.4) is 0 Å². The van der Waals surface area contributed by atoms with Crippen molar-refractivity contribution >= 4 is 11.7 Å². The van der Waals surface area contributed by atoms with Gasteiger partial charge >= 0.3 is 12.3 Å². The van der Waals surface area contributed by atoms with E-state index in [-0.39, 0.29) is 17.9 Å². The number of carboxylic acid groups (broad SMARTS) is 1. The normalized spacial score (nSPS) is 11.3. The fraction of sp³-hybridized carbons (Fsp3) is 0.0833. The summed E-state index contributed by atoms with van der Waals surface area (Å²) in [5, 5.41) is 16.7. The third kappa shape index (κ3) is 5.52. The number of carbonyl (C=O) groups is 1. The number of alkyl halides is 3. The van der Waals surface area contributed by atoms with Crippen molar-refractivity contribution in [1.29, 1.82) is 0 Å². The minimum Gasteiger partial charge on any atom is -0.478 e. The number of hydrogen-bond acceptors (Lipinski definition) is 4. The molecule has 34 heavy (non-hydrogen) atoms. The first-order valence-electron chi connectivity index (χ1n) is 9.96. The molecule has 0 saturated heterocycles. The van der Waals surface area contributed by atoms with Crippen LogP contribution in [0.5, 0.6) is 5.75 Å². The SMILES string of the molecule is O=C(O)c1ccc(-n2cc(CNc3cccc(OC(F)(F)F)c3)c(-c3ccc(F)cc3)n2)cc1. The van der Waals surface area contributed by atoms with Crippen molar-refractivity contribution in [1.82, 2.24) is 9.78 Å². The Balaban J connectivity index is 1.63. The molecular formula is C24H17F4N3O3. The summed E-state index contributed by atoms with van der Waals surface area (Å²) < 4.78 is 56.5. The van der Waals surface area contributed by atoms with E-state index in [1.807, 2.05) is 0 Å². The number of nitrogens with one attached hydrogen (secondary N) is 1. The smallest absolute Gasteiger partial charge is 0.478 e. The monoisotopic (exact) mass is 471 g/mol. The second-order valence-electron chi connectivity index (χ2n) is 7.24. The molecule has 0 bridgehead atoms. The molecule has 3 aromatic carbocycles. The number of aromatic nitrogens is 2. The zero-order chi connectivity index (χ0) is 24.3. The van der Waals surface area contributed by atoms with Crippen molar-refractivity contribution < 1.29 is 32.2 Å². The molecule has 0 aliphatic rings. The van der Waals surface area contributed by atoms with Crippen LogP contribution in [0.15, 0.2) is 79.0 Å². The molecule has 6 nitrogen and oxygen atoms in total. The molecule has 0 aliphatic carbocycles. The topological polar surface area (TPSA) is 76.4 Å². The average Bonchev–Trinajstić information content (AvgIpc) is 3.21. The minimum absolute atomic E-state index is 0.123. The van der Waals surface area contributed by atoms with Crippen molar-refractivity contribution in [3.8, 4) is 22.7 Å². The molecule has 10 heteroatoms. The number of halogens is 4. The maximum atomic E-state index is 13.4. The van der Waals surface area contributed by atoms with E-state index in [4.69, 9.17) is 5.11 Å². The molecule has 0 unspecified atom stereocenters. The van der Waals surface area contributed by atoms with Crippen LogP contribution in [0.4, 0.5) is 23.2 Å². The van der Waals surface area contributed by atoms with Gasteiger partial charge in [0.25, 0.3) is 0 Å². The van der Waals surface area contributed by atoms with E-state index in [0.717, 1.165) is 0 Å². The van der Waals surface area contributed by atoms with Gasteiger partial charge in [-0.15, -0.1) is 13.2 Å². The fourth-order valence-corrected chi connectivity index (χ4v) is 3.28. The molecule has 1 aromatic heterocycles. The Bertz CT molecular complexity index is 1300. The Labute approximate surface area is 191 Å². The van der Waals surface area contributed by atoms with Gasteiger partial charge in [0.1, 0.15) is 11.6 Å². The number of carboxylic acids is 1. The molecule has 0 radical (unpaired) electrons. The first-order valence-corrected chi connectivity index (χ1v) is 9.96. The van der Waals surface area contributed by atoms with Gasteiger partial charge in [0.05, 0.1) is 16.9 Å². The molecule has 4 rings (SSSR count). The van der Waals surface area contributed by atoms with E-state index in [2.05, 4.69) is 15.2 Å². The minimum atomic E-state index is -4.80. The number of nitrogens with zero attached hydrogens (tertiary/aromatic N) is 2. The van der Waals surface area contributed by atoms with E-state index in [0.29, 0.717) is 28.2 Å².